The van der Waals surface area contributed by atoms with Gasteiger partial charge in [-0.3, -0.25) is 19.2 Å². The van der Waals surface area contributed by atoms with Gasteiger partial charge in [0.25, 0.3) is 0 Å². The summed E-state index contributed by atoms with van der Waals surface area (Å²) in [6.07, 6.45) is 7.10. The topological polar surface area (TPSA) is 119 Å². The number of hydrogen-bond donors (Lipinski definition) is 1. The van der Waals surface area contributed by atoms with Gasteiger partial charge >= 0.3 is 12.6 Å². The van der Waals surface area contributed by atoms with Gasteiger partial charge in [0.15, 0.2) is 5.65 Å². The number of halogens is 3. The van der Waals surface area contributed by atoms with Crippen molar-refractivity contribution in [2.24, 2.45) is 5.92 Å². The summed E-state index contributed by atoms with van der Waals surface area (Å²) in [5, 5.41) is 12.4. The van der Waals surface area contributed by atoms with Crippen molar-refractivity contribution in [3.63, 3.8) is 0 Å². The number of likely N-dealkylation sites (tertiary alicyclic amines) is 1. The summed E-state index contributed by atoms with van der Waals surface area (Å²) in [7, 11) is 3.70. The maximum absolute atomic E-state index is 13.6. The first-order valence-electron chi connectivity index (χ1n) is 13.6. The first kappa shape index (κ1) is 30.2. The van der Waals surface area contributed by atoms with Crippen molar-refractivity contribution in [3.8, 4) is 17.0 Å². The minimum Gasteiger partial charge on any atom is -0.466 e. The van der Waals surface area contributed by atoms with Crippen LogP contribution in [0, 0.1) is 5.92 Å². The fourth-order valence-electron chi connectivity index (χ4n) is 5.17. The number of alkyl halides is 2. The van der Waals surface area contributed by atoms with Gasteiger partial charge in [-0.05, 0) is 58.1 Å². The molecule has 43 heavy (non-hydrogen) atoms. The van der Waals surface area contributed by atoms with Crippen molar-refractivity contribution in [2.75, 3.05) is 32.6 Å². The molecule has 1 fully saturated rings. The molecule has 228 valence electrons. The third-order valence-corrected chi connectivity index (χ3v) is 7.37. The zero-order chi connectivity index (χ0) is 30.7. The van der Waals surface area contributed by atoms with Crippen LogP contribution in [-0.4, -0.2) is 86.1 Å². The van der Waals surface area contributed by atoms with Crippen LogP contribution in [0.3, 0.4) is 0 Å². The van der Waals surface area contributed by atoms with Crippen LogP contribution in [0.4, 0.5) is 20.2 Å². The minimum absolute atomic E-state index is 0.134. The number of aromatic nitrogens is 5. The van der Waals surface area contributed by atoms with Gasteiger partial charge in [0.05, 0.1) is 30.6 Å². The van der Waals surface area contributed by atoms with E-state index in [0.29, 0.717) is 43.0 Å². The molecule has 4 aromatic rings. The first-order chi connectivity index (χ1) is 20.6. The Labute approximate surface area is 251 Å². The maximum atomic E-state index is 13.6. The van der Waals surface area contributed by atoms with E-state index in [9.17, 15) is 18.4 Å². The Hall–Kier alpha value is -4.30. The Bertz CT molecular complexity index is 1610. The molecule has 5 rings (SSSR count). The quantitative estimate of drug-likeness (QED) is 0.260. The summed E-state index contributed by atoms with van der Waals surface area (Å²) in [4.78, 5) is 34.0. The number of benzene rings is 1. The standard InChI is InChI=1S/C28H31ClF2N8O4/c1-4-42-27(41)17-8-11-38(23(12-17)36(2)3)24(40)16-37-15-21(34-20-14-33-39-10-5-9-32-26(20)39)25(35-37)19-13-18(29)6-7-22(19)43-28(30)31/h5-7,9-10,13-15,17,23,28,34H,4,8,11-12,16H2,1-3H3. The zero-order valence-electron chi connectivity index (χ0n) is 23.8. The van der Waals surface area contributed by atoms with Gasteiger partial charge < -0.3 is 19.7 Å². The Morgan fingerprint density at radius 1 is 1.26 bits per heavy atom. The van der Waals surface area contributed by atoms with Crippen molar-refractivity contribution < 1.29 is 27.8 Å². The van der Waals surface area contributed by atoms with Gasteiger partial charge in [-0.25, -0.2) is 9.50 Å². The number of carbonyl (C=O) groups excluding carboxylic acids is 2. The largest absolute Gasteiger partial charge is 0.466 e. The molecule has 1 aliphatic heterocycles. The number of nitrogens with one attached hydrogen (secondary N) is 1. The second-order valence-corrected chi connectivity index (χ2v) is 10.6. The average molecular weight is 617 g/mol. The molecule has 2 unspecified atom stereocenters. The Balaban J connectivity index is 1.47. The lowest BCUT2D eigenvalue weighted by Crippen LogP contribution is -2.54. The van der Waals surface area contributed by atoms with Crippen LogP contribution >= 0.6 is 11.6 Å². The molecule has 0 radical (unpaired) electrons. The van der Waals surface area contributed by atoms with Gasteiger partial charge in [0, 0.05) is 35.7 Å². The Kier molecular flexibility index (Phi) is 9.06. The second kappa shape index (κ2) is 12.9. The molecule has 0 bridgehead atoms. The molecule has 12 nitrogen and oxygen atoms in total. The second-order valence-electron chi connectivity index (χ2n) is 10.2. The maximum Gasteiger partial charge on any atom is 0.387 e. The predicted molar refractivity (Wildman–Crippen MR) is 154 cm³/mol. The van der Waals surface area contributed by atoms with Crippen LogP contribution < -0.4 is 10.1 Å². The van der Waals surface area contributed by atoms with Crippen LogP contribution in [0.2, 0.25) is 5.02 Å². The van der Waals surface area contributed by atoms with Crippen molar-refractivity contribution >= 4 is 40.5 Å². The molecule has 1 amide bonds. The lowest BCUT2D eigenvalue weighted by molar-refractivity contribution is -0.155. The van der Waals surface area contributed by atoms with Gasteiger partial charge in [-0.15, -0.1) is 0 Å². The lowest BCUT2D eigenvalue weighted by Gasteiger charge is -2.42. The number of ether oxygens (including phenoxy) is 2. The van der Waals surface area contributed by atoms with Crippen LogP contribution in [0.15, 0.2) is 49.1 Å². The van der Waals surface area contributed by atoms with E-state index in [0.717, 1.165) is 0 Å². The van der Waals surface area contributed by atoms with E-state index in [2.05, 4.69) is 20.5 Å². The third kappa shape index (κ3) is 6.70. The predicted octanol–water partition coefficient (Wildman–Crippen LogP) is 4.28. The summed E-state index contributed by atoms with van der Waals surface area (Å²) in [5.74, 6) is -0.932. The molecule has 15 heteroatoms. The van der Waals surface area contributed by atoms with Crippen molar-refractivity contribution in [3.05, 3.63) is 54.1 Å². The van der Waals surface area contributed by atoms with Crippen molar-refractivity contribution in [2.45, 2.75) is 39.1 Å². The fraction of sp³-hybridized carbons (Fsp3) is 0.393. The van der Waals surface area contributed by atoms with Gasteiger partial charge in [-0.1, -0.05) is 11.6 Å². The molecule has 1 N–H and O–H groups in total. The van der Waals surface area contributed by atoms with E-state index in [1.165, 1.54) is 22.9 Å². The Morgan fingerprint density at radius 3 is 2.81 bits per heavy atom. The van der Waals surface area contributed by atoms with Gasteiger partial charge in [0.1, 0.15) is 23.7 Å². The molecule has 3 aromatic heterocycles. The van der Waals surface area contributed by atoms with E-state index < -0.39 is 6.61 Å². The molecule has 2 atom stereocenters. The summed E-state index contributed by atoms with van der Waals surface area (Å²) in [5.41, 5.74) is 1.86. The van der Waals surface area contributed by atoms with Crippen LogP contribution in [0.5, 0.6) is 5.75 Å². The zero-order valence-corrected chi connectivity index (χ0v) is 24.5. The van der Waals surface area contributed by atoms with Crippen LogP contribution in [-0.2, 0) is 20.9 Å². The number of esters is 1. The smallest absolute Gasteiger partial charge is 0.387 e. The first-order valence-corrected chi connectivity index (χ1v) is 14.0. The highest BCUT2D eigenvalue weighted by molar-refractivity contribution is 6.31. The molecular weight excluding hydrogens is 586 g/mol. The summed E-state index contributed by atoms with van der Waals surface area (Å²) in [6, 6.07) is 5.97. The molecule has 1 aromatic carbocycles. The highest BCUT2D eigenvalue weighted by Crippen LogP contribution is 2.38. The molecule has 0 spiro atoms. The Morgan fingerprint density at radius 2 is 2.07 bits per heavy atom. The molecule has 1 aliphatic rings. The van der Waals surface area contributed by atoms with Crippen LogP contribution in [0.25, 0.3) is 16.9 Å². The SMILES string of the molecule is CCOC(=O)C1CCN(C(=O)Cn2cc(Nc3cnn4cccnc34)c(-c3cc(Cl)ccc3OC(F)F)n2)C(N(C)C)C1. The summed E-state index contributed by atoms with van der Waals surface area (Å²) in [6.45, 7) is -0.810. The highest BCUT2D eigenvalue weighted by Gasteiger charge is 2.36. The third-order valence-electron chi connectivity index (χ3n) is 7.13. The molecule has 0 saturated carbocycles. The van der Waals surface area contributed by atoms with E-state index in [4.69, 9.17) is 21.1 Å². The number of hydrogen-bond acceptors (Lipinski definition) is 9. The van der Waals surface area contributed by atoms with Gasteiger partial charge in [-0.2, -0.15) is 19.0 Å². The van der Waals surface area contributed by atoms with E-state index in [1.807, 2.05) is 19.0 Å². The number of piperidine rings is 1. The van der Waals surface area contributed by atoms with Crippen LogP contribution in [0.1, 0.15) is 19.8 Å². The summed E-state index contributed by atoms with van der Waals surface area (Å²) >= 11 is 6.25. The molecular formula is C28H31ClF2N8O4. The fourth-order valence-corrected chi connectivity index (χ4v) is 5.34. The number of amides is 1. The number of anilines is 2. The molecule has 0 aliphatic carbocycles. The normalized spacial score (nSPS) is 17.1. The average Bonchev–Trinajstić information content (AvgIpc) is 3.57. The molecule has 1 saturated heterocycles. The van der Waals surface area contributed by atoms with E-state index >= 15 is 0 Å². The number of rotatable bonds is 10. The van der Waals surface area contributed by atoms with E-state index in [1.54, 1.807) is 47.2 Å². The van der Waals surface area contributed by atoms with E-state index in [-0.39, 0.29) is 52.5 Å². The van der Waals surface area contributed by atoms with Crippen molar-refractivity contribution in [1.29, 1.82) is 0 Å². The number of nitrogens with zero attached hydrogens (tertiary/aromatic N) is 7. The summed E-state index contributed by atoms with van der Waals surface area (Å²) < 4.78 is 39.6. The highest BCUT2D eigenvalue weighted by atomic mass is 35.5. The van der Waals surface area contributed by atoms with Crippen molar-refractivity contribution in [1.82, 2.24) is 34.2 Å². The van der Waals surface area contributed by atoms with Gasteiger partial charge in [0.2, 0.25) is 5.91 Å². The number of carbonyl (C=O) groups is 2. The minimum atomic E-state index is -3.08. The monoisotopic (exact) mass is 616 g/mol. The molecule has 4 heterocycles. The lowest BCUT2D eigenvalue weighted by atomic mass is 9.94. The number of fused-ring (bicyclic) bond motifs is 1.